The Hall–Kier alpha value is -3.23. The van der Waals surface area contributed by atoms with Crippen LogP contribution in [-0.2, 0) is 6.42 Å². The Morgan fingerprint density at radius 3 is 2.77 bits per heavy atom. The van der Waals surface area contributed by atoms with E-state index in [1.165, 1.54) is 12.3 Å². The fraction of sp³-hybridized carbons (Fsp3) is 0.333. The van der Waals surface area contributed by atoms with Crippen molar-refractivity contribution in [3.8, 4) is 0 Å². The number of carbonyl (C=O) groups is 1. The molecule has 156 valence electrons. The number of alkyl halides is 3. The fourth-order valence-electron chi connectivity index (χ4n) is 4.35. The summed E-state index contributed by atoms with van der Waals surface area (Å²) in [4.78, 5) is 14.8. The third-order valence-corrected chi connectivity index (χ3v) is 5.72. The standard InChI is InChI=1S/C21H19F3N4O2/c1-12-9-13-5-2-3-6-16(13)27(12)20(29)15-11-19-25-14(17-7-4-8-30-17)10-18(21(22,23)24)28(19)26-15/h2-8,11-12,14,18,25H,9-10H2,1H3/t12-,14+,18-/m1/s1. The van der Waals surface area contributed by atoms with E-state index in [0.29, 0.717) is 12.2 Å². The number of rotatable bonds is 2. The van der Waals surface area contributed by atoms with Crippen LogP contribution in [0, 0.1) is 0 Å². The molecule has 1 aromatic carbocycles. The summed E-state index contributed by atoms with van der Waals surface area (Å²) in [7, 11) is 0. The zero-order valence-electron chi connectivity index (χ0n) is 16.1. The summed E-state index contributed by atoms with van der Waals surface area (Å²) in [5.74, 6) is 0.145. The zero-order valence-corrected chi connectivity index (χ0v) is 16.1. The van der Waals surface area contributed by atoms with Gasteiger partial charge in [0, 0.05) is 24.2 Å². The number of carbonyl (C=O) groups excluding carboxylic acids is 1. The van der Waals surface area contributed by atoms with E-state index < -0.39 is 24.2 Å². The molecule has 2 aromatic heterocycles. The highest BCUT2D eigenvalue weighted by Gasteiger charge is 2.47. The van der Waals surface area contributed by atoms with Crippen molar-refractivity contribution >= 4 is 17.4 Å². The number of aromatic nitrogens is 2. The van der Waals surface area contributed by atoms with E-state index in [-0.39, 0.29) is 24.0 Å². The van der Waals surface area contributed by atoms with Gasteiger partial charge in [-0.2, -0.15) is 18.3 Å². The monoisotopic (exact) mass is 416 g/mol. The zero-order chi connectivity index (χ0) is 21.0. The maximum absolute atomic E-state index is 13.8. The van der Waals surface area contributed by atoms with Crippen molar-refractivity contribution < 1.29 is 22.4 Å². The van der Waals surface area contributed by atoms with Gasteiger partial charge in [-0.3, -0.25) is 4.79 Å². The molecule has 3 atom stereocenters. The van der Waals surface area contributed by atoms with Gasteiger partial charge in [-0.1, -0.05) is 18.2 Å². The second kappa shape index (κ2) is 6.65. The van der Waals surface area contributed by atoms with Crippen molar-refractivity contribution in [2.45, 2.75) is 44.1 Å². The van der Waals surface area contributed by atoms with E-state index in [9.17, 15) is 18.0 Å². The van der Waals surface area contributed by atoms with Gasteiger partial charge in [0.1, 0.15) is 11.6 Å². The summed E-state index contributed by atoms with van der Waals surface area (Å²) in [6.07, 6.45) is -2.67. The van der Waals surface area contributed by atoms with Crippen LogP contribution in [0.5, 0.6) is 0 Å². The molecule has 4 heterocycles. The van der Waals surface area contributed by atoms with Gasteiger partial charge >= 0.3 is 6.18 Å². The minimum atomic E-state index is -4.51. The van der Waals surface area contributed by atoms with E-state index in [2.05, 4.69) is 10.4 Å². The maximum Gasteiger partial charge on any atom is 0.410 e. The number of hydrogen-bond donors (Lipinski definition) is 1. The molecular formula is C21H19F3N4O2. The molecule has 0 radical (unpaired) electrons. The summed E-state index contributed by atoms with van der Waals surface area (Å²) in [6.45, 7) is 1.91. The summed E-state index contributed by atoms with van der Waals surface area (Å²) >= 11 is 0. The molecule has 0 bridgehead atoms. The number of nitrogens with one attached hydrogen (secondary N) is 1. The molecule has 2 aliphatic heterocycles. The number of fused-ring (bicyclic) bond motifs is 2. The number of para-hydroxylation sites is 1. The van der Waals surface area contributed by atoms with Gasteiger partial charge in [0.15, 0.2) is 11.7 Å². The Morgan fingerprint density at radius 1 is 1.23 bits per heavy atom. The Balaban J connectivity index is 1.52. The molecule has 0 aliphatic carbocycles. The maximum atomic E-state index is 13.8. The lowest BCUT2D eigenvalue weighted by molar-refractivity contribution is -0.174. The van der Waals surface area contributed by atoms with Crippen molar-refractivity contribution in [1.29, 1.82) is 0 Å². The van der Waals surface area contributed by atoms with Crippen LogP contribution in [0.3, 0.4) is 0 Å². The number of benzene rings is 1. The summed E-state index contributed by atoms with van der Waals surface area (Å²) in [5.41, 5.74) is 1.79. The van der Waals surface area contributed by atoms with Crippen molar-refractivity contribution in [2.75, 3.05) is 10.2 Å². The van der Waals surface area contributed by atoms with Crippen LogP contribution in [0.4, 0.5) is 24.7 Å². The predicted molar refractivity (Wildman–Crippen MR) is 103 cm³/mol. The number of hydrogen-bond acceptors (Lipinski definition) is 4. The smallest absolute Gasteiger partial charge is 0.410 e. The molecule has 6 nitrogen and oxygen atoms in total. The molecule has 0 saturated heterocycles. The van der Waals surface area contributed by atoms with Gasteiger partial charge in [-0.25, -0.2) is 4.68 Å². The molecule has 0 spiro atoms. The third kappa shape index (κ3) is 2.96. The molecule has 1 N–H and O–H groups in total. The molecule has 0 unspecified atom stereocenters. The van der Waals surface area contributed by atoms with Crippen LogP contribution < -0.4 is 10.2 Å². The Kier molecular flexibility index (Phi) is 4.16. The van der Waals surface area contributed by atoms with Gasteiger partial charge in [0.25, 0.3) is 5.91 Å². The number of halogens is 3. The normalized spacial score (nSPS) is 23.1. The highest BCUT2D eigenvalue weighted by Crippen LogP contribution is 2.44. The van der Waals surface area contributed by atoms with E-state index in [1.54, 1.807) is 17.0 Å². The van der Waals surface area contributed by atoms with Crippen LogP contribution in [-0.4, -0.2) is 27.9 Å². The highest BCUT2D eigenvalue weighted by molar-refractivity contribution is 6.07. The number of nitrogens with zero attached hydrogens (tertiary/aromatic N) is 3. The van der Waals surface area contributed by atoms with Crippen molar-refractivity contribution in [3.05, 3.63) is 65.7 Å². The average molecular weight is 416 g/mol. The lowest BCUT2D eigenvalue weighted by Gasteiger charge is -2.32. The Morgan fingerprint density at radius 2 is 2.03 bits per heavy atom. The SMILES string of the molecule is C[C@@H]1Cc2ccccc2N1C(=O)c1cc2n(n1)[C@@H](C(F)(F)F)C[C@@H](c1ccco1)N2. The summed E-state index contributed by atoms with van der Waals surface area (Å²) in [6, 6.07) is 9.58. The first-order valence-corrected chi connectivity index (χ1v) is 9.70. The van der Waals surface area contributed by atoms with E-state index in [1.807, 2.05) is 31.2 Å². The van der Waals surface area contributed by atoms with Crippen molar-refractivity contribution in [1.82, 2.24) is 9.78 Å². The van der Waals surface area contributed by atoms with Crippen LogP contribution in [0.25, 0.3) is 0 Å². The number of amides is 1. The second-order valence-corrected chi connectivity index (χ2v) is 7.72. The van der Waals surface area contributed by atoms with E-state index in [4.69, 9.17) is 4.42 Å². The Labute approximate surface area is 170 Å². The molecule has 0 fully saturated rings. The third-order valence-electron chi connectivity index (χ3n) is 5.72. The summed E-state index contributed by atoms with van der Waals surface area (Å²) in [5, 5.41) is 7.11. The van der Waals surface area contributed by atoms with Crippen molar-refractivity contribution in [3.63, 3.8) is 0 Å². The number of furan rings is 1. The Bertz CT molecular complexity index is 1090. The molecule has 30 heavy (non-hydrogen) atoms. The summed E-state index contributed by atoms with van der Waals surface area (Å²) < 4.78 is 47.5. The minimum absolute atomic E-state index is 0.0182. The molecule has 9 heteroatoms. The van der Waals surface area contributed by atoms with Crippen LogP contribution in [0.15, 0.2) is 53.1 Å². The topological polar surface area (TPSA) is 63.3 Å². The second-order valence-electron chi connectivity index (χ2n) is 7.72. The minimum Gasteiger partial charge on any atom is -0.467 e. The molecule has 1 amide bonds. The van der Waals surface area contributed by atoms with Crippen LogP contribution >= 0.6 is 0 Å². The first kappa shape index (κ1) is 18.8. The largest absolute Gasteiger partial charge is 0.467 e. The fourth-order valence-corrected chi connectivity index (χ4v) is 4.35. The van der Waals surface area contributed by atoms with Crippen LogP contribution in [0.2, 0.25) is 0 Å². The van der Waals surface area contributed by atoms with Gasteiger partial charge < -0.3 is 14.6 Å². The number of anilines is 2. The van der Waals surface area contributed by atoms with E-state index >= 15 is 0 Å². The predicted octanol–water partition coefficient (Wildman–Crippen LogP) is 4.73. The quantitative estimate of drug-likeness (QED) is 0.656. The molecule has 2 aliphatic rings. The van der Waals surface area contributed by atoms with Crippen LogP contribution in [0.1, 0.15) is 47.2 Å². The van der Waals surface area contributed by atoms with E-state index in [0.717, 1.165) is 15.9 Å². The molecular weight excluding hydrogens is 397 g/mol. The molecule has 0 saturated carbocycles. The molecule has 3 aromatic rings. The van der Waals surface area contributed by atoms with Crippen molar-refractivity contribution in [2.24, 2.45) is 0 Å². The van der Waals surface area contributed by atoms with Gasteiger partial charge in [0.2, 0.25) is 0 Å². The molecule has 5 rings (SSSR count). The lowest BCUT2D eigenvalue weighted by atomic mass is 10.0. The first-order chi connectivity index (χ1) is 14.3. The average Bonchev–Trinajstić information content (AvgIpc) is 3.43. The van der Waals surface area contributed by atoms with Gasteiger partial charge in [-0.05, 0) is 37.1 Å². The highest BCUT2D eigenvalue weighted by atomic mass is 19.4. The first-order valence-electron chi connectivity index (χ1n) is 9.70. The van der Waals surface area contributed by atoms with Gasteiger partial charge in [0.05, 0.1) is 12.3 Å². The van der Waals surface area contributed by atoms with Gasteiger partial charge in [-0.15, -0.1) is 0 Å². The lowest BCUT2D eigenvalue weighted by Crippen LogP contribution is -2.37.